The van der Waals surface area contributed by atoms with E-state index in [0.717, 1.165) is 24.1 Å². The number of aromatic nitrogens is 3. The van der Waals surface area contributed by atoms with Gasteiger partial charge in [-0.3, -0.25) is 4.98 Å². The Labute approximate surface area is 111 Å². The van der Waals surface area contributed by atoms with Crippen LogP contribution < -0.4 is 5.73 Å². The van der Waals surface area contributed by atoms with Gasteiger partial charge >= 0.3 is 0 Å². The number of fused-ring (bicyclic) bond motifs is 1. The molecule has 0 atom stereocenters. The smallest absolute Gasteiger partial charge is 0.106 e. The molecule has 18 heavy (non-hydrogen) atoms. The van der Waals surface area contributed by atoms with Gasteiger partial charge in [0.15, 0.2) is 0 Å². The van der Waals surface area contributed by atoms with Crippen LogP contribution >= 0.6 is 12.2 Å². The largest absolute Gasteiger partial charge is 0.389 e. The van der Waals surface area contributed by atoms with E-state index < -0.39 is 0 Å². The molecule has 5 heteroatoms. The number of rotatable bonds is 2. The Balaban J connectivity index is 2.15. The fourth-order valence-electron chi connectivity index (χ4n) is 2.46. The maximum atomic E-state index is 5.77. The summed E-state index contributed by atoms with van der Waals surface area (Å²) in [5.41, 5.74) is 10.0. The molecule has 0 spiro atoms. The molecule has 3 rings (SSSR count). The average Bonchev–Trinajstić information content (AvgIpc) is 2.82. The maximum Gasteiger partial charge on any atom is 0.106 e. The van der Waals surface area contributed by atoms with Crippen LogP contribution in [0.3, 0.4) is 0 Å². The number of pyridine rings is 1. The van der Waals surface area contributed by atoms with Gasteiger partial charge in [0.2, 0.25) is 0 Å². The molecule has 0 bridgehead atoms. The van der Waals surface area contributed by atoms with E-state index in [1.165, 1.54) is 24.2 Å². The number of aryl methyl sites for hydroxylation is 1. The topological polar surface area (TPSA) is 56.7 Å². The summed E-state index contributed by atoms with van der Waals surface area (Å²) in [5.74, 6) is 0. The number of nitrogens with two attached hydrogens (primary N) is 1. The van der Waals surface area contributed by atoms with Crippen molar-refractivity contribution in [1.82, 2.24) is 14.5 Å². The first-order chi connectivity index (χ1) is 8.77. The fourth-order valence-corrected chi connectivity index (χ4v) is 2.64. The summed E-state index contributed by atoms with van der Waals surface area (Å²) in [6.07, 6.45) is 9.91. The van der Waals surface area contributed by atoms with Crippen molar-refractivity contribution in [3.8, 4) is 5.69 Å². The Morgan fingerprint density at radius 2 is 2.17 bits per heavy atom. The van der Waals surface area contributed by atoms with Gasteiger partial charge in [0.05, 0.1) is 23.9 Å². The third-order valence-corrected chi connectivity index (χ3v) is 3.58. The Kier molecular flexibility index (Phi) is 2.83. The van der Waals surface area contributed by atoms with Crippen LogP contribution in [0, 0.1) is 0 Å². The van der Waals surface area contributed by atoms with Crippen molar-refractivity contribution in [2.75, 3.05) is 0 Å². The van der Waals surface area contributed by atoms with Crippen LogP contribution in [0.4, 0.5) is 0 Å². The summed E-state index contributed by atoms with van der Waals surface area (Å²) in [6, 6.07) is 1.85. The first-order valence-electron chi connectivity index (χ1n) is 6.06. The molecule has 0 fully saturated rings. The third-order valence-electron chi connectivity index (χ3n) is 3.36. The van der Waals surface area contributed by atoms with E-state index in [1.807, 2.05) is 12.4 Å². The lowest BCUT2D eigenvalue weighted by Crippen LogP contribution is -2.15. The Morgan fingerprint density at radius 1 is 1.33 bits per heavy atom. The van der Waals surface area contributed by atoms with E-state index in [-0.39, 0.29) is 0 Å². The summed E-state index contributed by atoms with van der Waals surface area (Å²) >= 11 is 5.09. The van der Waals surface area contributed by atoms with E-state index in [1.54, 1.807) is 12.4 Å². The molecule has 2 aromatic rings. The van der Waals surface area contributed by atoms with E-state index in [2.05, 4.69) is 14.5 Å². The highest BCUT2D eigenvalue weighted by molar-refractivity contribution is 7.80. The summed E-state index contributed by atoms with van der Waals surface area (Å²) in [7, 11) is 0. The van der Waals surface area contributed by atoms with Crippen molar-refractivity contribution in [3.63, 3.8) is 0 Å². The quantitative estimate of drug-likeness (QED) is 0.834. The van der Waals surface area contributed by atoms with Crippen LogP contribution in [-0.2, 0) is 12.8 Å². The van der Waals surface area contributed by atoms with E-state index in [0.29, 0.717) is 4.99 Å². The number of thiocarbonyl (C=S) groups is 1. The zero-order valence-corrected chi connectivity index (χ0v) is 10.8. The Morgan fingerprint density at radius 3 is 3.00 bits per heavy atom. The molecule has 0 radical (unpaired) electrons. The van der Waals surface area contributed by atoms with Gasteiger partial charge < -0.3 is 10.3 Å². The molecular weight excluding hydrogens is 244 g/mol. The molecule has 1 aliphatic rings. The summed E-state index contributed by atoms with van der Waals surface area (Å²) in [6.45, 7) is 0. The highest BCUT2D eigenvalue weighted by Crippen LogP contribution is 2.24. The molecule has 0 aliphatic heterocycles. The monoisotopic (exact) mass is 258 g/mol. The Bertz CT molecular complexity index is 603. The highest BCUT2D eigenvalue weighted by Gasteiger charge is 2.18. The molecule has 0 saturated carbocycles. The van der Waals surface area contributed by atoms with Crippen LogP contribution in [0.25, 0.3) is 5.69 Å². The number of nitrogens with zero attached hydrogens (tertiary/aromatic N) is 3. The molecule has 0 amide bonds. The number of hydrogen-bond donors (Lipinski definition) is 1. The van der Waals surface area contributed by atoms with Crippen molar-refractivity contribution in [2.45, 2.75) is 25.7 Å². The van der Waals surface area contributed by atoms with E-state index >= 15 is 0 Å². The normalized spacial score (nSPS) is 14.2. The lowest BCUT2D eigenvalue weighted by atomic mass is 10.0. The Hall–Kier alpha value is -1.75. The van der Waals surface area contributed by atoms with Crippen molar-refractivity contribution in [3.05, 3.63) is 41.7 Å². The first kappa shape index (κ1) is 11.3. The molecule has 92 valence electrons. The minimum atomic E-state index is 0.394. The molecule has 0 aromatic carbocycles. The molecule has 2 N–H and O–H groups in total. The van der Waals surface area contributed by atoms with Crippen molar-refractivity contribution >= 4 is 17.2 Å². The number of imidazole rings is 1. The zero-order chi connectivity index (χ0) is 12.5. The molecule has 4 nitrogen and oxygen atoms in total. The van der Waals surface area contributed by atoms with Gasteiger partial charge in [0.25, 0.3) is 0 Å². The van der Waals surface area contributed by atoms with Crippen LogP contribution in [0.1, 0.15) is 29.8 Å². The van der Waals surface area contributed by atoms with Gasteiger partial charge in [0, 0.05) is 17.5 Å². The number of hydrogen-bond acceptors (Lipinski definition) is 3. The third kappa shape index (κ3) is 1.80. The van der Waals surface area contributed by atoms with Gasteiger partial charge in [-0.15, -0.1) is 0 Å². The molecular formula is C13H14N4S. The first-order valence-corrected chi connectivity index (χ1v) is 6.47. The van der Waals surface area contributed by atoms with Gasteiger partial charge in [-0.25, -0.2) is 4.98 Å². The molecule has 0 saturated heterocycles. The van der Waals surface area contributed by atoms with Crippen molar-refractivity contribution in [1.29, 1.82) is 0 Å². The molecule has 0 unspecified atom stereocenters. The zero-order valence-electron chi connectivity index (χ0n) is 9.97. The molecule has 2 aromatic heterocycles. The summed E-state index contributed by atoms with van der Waals surface area (Å²) in [4.78, 5) is 9.05. The molecule has 1 aliphatic carbocycles. The SMILES string of the molecule is NC(=S)c1ccncc1-n1cnc2c1CCCC2. The van der Waals surface area contributed by atoms with Crippen LogP contribution in [0.15, 0.2) is 24.8 Å². The van der Waals surface area contributed by atoms with Gasteiger partial charge in [-0.2, -0.15) is 0 Å². The predicted molar refractivity (Wildman–Crippen MR) is 73.9 cm³/mol. The summed E-state index contributed by atoms with van der Waals surface area (Å²) < 4.78 is 2.08. The highest BCUT2D eigenvalue weighted by atomic mass is 32.1. The second-order valence-electron chi connectivity index (χ2n) is 4.47. The minimum absolute atomic E-state index is 0.394. The molecule has 2 heterocycles. The maximum absolute atomic E-state index is 5.77. The minimum Gasteiger partial charge on any atom is -0.389 e. The van der Waals surface area contributed by atoms with Crippen molar-refractivity contribution < 1.29 is 0 Å². The second kappa shape index (κ2) is 4.49. The van der Waals surface area contributed by atoms with Crippen LogP contribution in [0.5, 0.6) is 0 Å². The van der Waals surface area contributed by atoms with Gasteiger partial charge in [-0.05, 0) is 31.7 Å². The van der Waals surface area contributed by atoms with E-state index in [9.17, 15) is 0 Å². The van der Waals surface area contributed by atoms with Gasteiger partial charge in [0.1, 0.15) is 4.99 Å². The van der Waals surface area contributed by atoms with E-state index in [4.69, 9.17) is 18.0 Å². The lowest BCUT2D eigenvalue weighted by Gasteiger charge is -2.15. The van der Waals surface area contributed by atoms with Gasteiger partial charge in [-0.1, -0.05) is 12.2 Å². The average molecular weight is 258 g/mol. The lowest BCUT2D eigenvalue weighted by molar-refractivity contribution is 0.655. The predicted octanol–water partition coefficient (Wildman–Crippen LogP) is 1.78. The summed E-state index contributed by atoms with van der Waals surface area (Å²) in [5, 5.41) is 0. The second-order valence-corrected chi connectivity index (χ2v) is 4.91. The fraction of sp³-hybridized carbons (Fsp3) is 0.308. The van der Waals surface area contributed by atoms with Crippen LogP contribution in [-0.4, -0.2) is 19.5 Å². The standard InChI is InChI=1S/C13H14N4S/c14-13(18)9-5-6-15-7-12(9)17-8-16-10-3-1-2-4-11(10)17/h5-8H,1-4H2,(H2,14,18). The van der Waals surface area contributed by atoms with Crippen molar-refractivity contribution in [2.24, 2.45) is 5.73 Å². The van der Waals surface area contributed by atoms with Crippen LogP contribution in [0.2, 0.25) is 0 Å².